The molecule has 3 unspecified atom stereocenters. The summed E-state index contributed by atoms with van der Waals surface area (Å²) in [5.41, 5.74) is 3.23. The summed E-state index contributed by atoms with van der Waals surface area (Å²) >= 11 is 0. The predicted molar refractivity (Wildman–Crippen MR) is 61.5 cm³/mol. The van der Waals surface area contributed by atoms with E-state index in [1.807, 2.05) is 0 Å². The number of hydrogen-bond donors (Lipinski definition) is 1. The standard InChI is InChI=1S/C14H20O/c15-12-7-8-14-11(9-12)6-5-10-3-1-2-4-13(10)14/h5-6,12-15H,1-4,7-9H2. The lowest BCUT2D eigenvalue weighted by molar-refractivity contribution is 0.123. The Morgan fingerprint density at radius 2 is 1.73 bits per heavy atom. The van der Waals surface area contributed by atoms with Crippen LogP contribution in [0.4, 0.5) is 0 Å². The first-order valence-corrected chi connectivity index (χ1v) is 6.42. The van der Waals surface area contributed by atoms with E-state index in [0.29, 0.717) is 0 Å². The van der Waals surface area contributed by atoms with Crippen LogP contribution in [0.15, 0.2) is 23.3 Å². The largest absolute Gasteiger partial charge is 0.393 e. The average molecular weight is 204 g/mol. The third kappa shape index (κ3) is 1.67. The molecule has 15 heavy (non-hydrogen) atoms. The Hall–Kier alpha value is -0.560. The molecule has 0 aromatic carbocycles. The van der Waals surface area contributed by atoms with Gasteiger partial charge >= 0.3 is 0 Å². The van der Waals surface area contributed by atoms with Crippen LogP contribution in [0.2, 0.25) is 0 Å². The van der Waals surface area contributed by atoms with Gasteiger partial charge in [-0.25, -0.2) is 0 Å². The smallest absolute Gasteiger partial charge is 0.0577 e. The van der Waals surface area contributed by atoms with Crippen molar-refractivity contribution in [2.75, 3.05) is 0 Å². The molecule has 0 radical (unpaired) electrons. The zero-order chi connectivity index (χ0) is 10.3. The van der Waals surface area contributed by atoms with Crippen molar-refractivity contribution >= 4 is 0 Å². The topological polar surface area (TPSA) is 20.2 Å². The lowest BCUT2D eigenvalue weighted by Crippen LogP contribution is -2.30. The number of allylic oxidation sites excluding steroid dienone is 3. The zero-order valence-corrected chi connectivity index (χ0v) is 9.28. The second-order valence-corrected chi connectivity index (χ2v) is 5.38. The van der Waals surface area contributed by atoms with Gasteiger partial charge in [0.05, 0.1) is 6.10 Å². The number of fused-ring (bicyclic) bond motifs is 3. The highest BCUT2D eigenvalue weighted by molar-refractivity contribution is 5.31. The van der Waals surface area contributed by atoms with Gasteiger partial charge in [-0.05, 0) is 50.4 Å². The van der Waals surface area contributed by atoms with Crippen molar-refractivity contribution in [2.24, 2.45) is 11.8 Å². The summed E-state index contributed by atoms with van der Waals surface area (Å²) in [6.07, 6.45) is 13.3. The van der Waals surface area contributed by atoms with Crippen molar-refractivity contribution in [1.82, 2.24) is 0 Å². The quantitative estimate of drug-likeness (QED) is 0.642. The van der Waals surface area contributed by atoms with E-state index in [1.54, 1.807) is 5.57 Å². The third-order valence-corrected chi connectivity index (χ3v) is 4.46. The molecule has 1 nitrogen and oxygen atoms in total. The molecule has 0 aromatic rings. The minimum absolute atomic E-state index is 0.0639. The Morgan fingerprint density at radius 1 is 0.933 bits per heavy atom. The maximum atomic E-state index is 9.68. The van der Waals surface area contributed by atoms with Crippen molar-refractivity contribution in [3.63, 3.8) is 0 Å². The number of aliphatic hydroxyl groups excluding tert-OH is 1. The van der Waals surface area contributed by atoms with Crippen LogP contribution >= 0.6 is 0 Å². The van der Waals surface area contributed by atoms with E-state index in [9.17, 15) is 5.11 Å². The molecule has 3 aliphatic rings. The van der Waals surface area contributed by atoms with Gasteiger partial charge in [0.1, 0.15) is 0 Å². The van der Waals surface area contributed by atoms with Crippen molar-refractivity contribution in [3.05, 3.63) is 23.3 Å². The molecule has 3 aliphatic carbocycles. The van der Waals surface area contributed by atoms with Crippen molar-refractivity contribution in [3.8, 4) is 0 Å². The van der Waals surface area contributed by atoms with Crippen molar-refractivity contribution in [1.29, 1.82) is 0 Å². The van der Waals surface area contributed by atoms with E-state index >= 15 is 0 Å². The maximum absolute atomic E-state index is 9.68. The van der Waals surface area contributed by atoms with Crippen LogP contribution in [0.1, 0.15) is 44.9 Å². The van der Waals surface area contributed by atoms with Crippen LogP contribution in [0.25, 0.3) is 0 Å². The van der Waals surface area contributed by atoms with Gasteiger partial charge < -0.3 is 5.11 Å². The molecule has 1 N–H and O–H groups in total. The molecule has 3 rings (SSSR count). The minimum atomic E-state index is -0.0639. The fourth-order valence-corrected chi connectivity index (χ4v) is 3.68. The van der Waals surface area contributed by atoms with Crippen molar-refractivity contribution < 1.29 is 5.11 Å². The maximum Gasteiger partial charge on any atom is 0.0577 e. The van der Waals surface area contributed by atoms with Gasteiger partial charge in [0.25, 0.3) is 0 Å². The highest BCUT2D eigenvalue weighted by Crippen LogP contribution is 2.46. The summed E-state index contributed by atoms with van der Waals surface area (Å²) in [7, 11) is 0. The second-order valence-electron chi connectivity index (χ2n) is 5.38. The third-order valence-electron chi connectivity index (χ3n) is 4.46. The minimum Gasteiger partial charge on any atom is -0.393 e. The second kappa shape index (κ2) is 3.79. The normalized spacial score (nSPS) is 39.9. The van der Waals surface area contributed by atoms with Gasteiger partial charge in [0, 0.05) is 0 Å². The van der Waals surface area contributed by atoms with Crippen LogP contribution in [0.3, 0.4) is 0 Å². The predicted octanol–water partition coefficient (Wildman–Crippen LogP) is 3.20. The fraction of sp³-hybridized carbons (Fsp3) is 0.714. The van der Waals surface area contributed by atoms with Gasteiger partial charge in [0.2, 0.25) is 0 Å². The van der Waals surface area contributed by atoms with Crippen LogP contribution in [0.5, 0.6) is 0 Å². The summed E-state index contributed by atoms with van der Waals surface area (Å²) in [6.45, 7) is 0. The Bertz CT molecular complexity index is 313. The number of rotatable bonds is 0. The van der Waals surface area contributed by atoms with E-state index in [2.05, 4.69) is 12.2 Å². The van der Waals surface area contributed by atoms with Crippen molar-refractivity contribution in [2.45, 2.75) is 51.0 Å². The molecule has 0 aliphatic heterocycles. The summed E-state index contributed by atoms with van der Waals surface area (Å²) < 4.78 is 0. The first kappa shape index (κ1) is 9.65. The number of hydrogen-bond acceptors (Lipinski definition) is 1. The molecule has 0 saturated heterocycles. The van der Waals surface area contributed by atoms with Crippen LogP contribution in [0, 0.1) is 11.8 Å². The van der Waals surface area contributed by atoms with E-state index in [1.165, 1.54) is 37.7 Å². The molecule has 0 spiro atoms. The summed E-state index contributed by atoms with van der Waals surface area (Å²) in [5.74, 6) is 1.62. The molecule has 0 heterocycles. The lowest BCUT2D eigenvalue weighted by atomic mass is 9.66. The highest BCUT2D eigenvalue weighted by Gasteiger charge is 2.34. The summed E-state index contributed by atoms with van der Waals surface area (Å²) in [5, 5.41) is 9.68. The monoisotopic (exact) mass is 204 g/mol. The SMILES string of the molecule is OC1CCC2C(=CC=C3CCCCC32)C1. The molecule has 2 saturated carbocycles. The Morgan fingerprint density at radius 3 is 2.67 bits per heavy atom. The first-order chi connectivity index (χ1) is 7.34. The Labute approximate surface area is 91.9 Å². The lowest BCUT2D eigenvalue weighted by Gasteiger charge is -2.40. The molecular formula is C14H20O. The molecule has 1 heteroatoms. The van der Waals surface area contributed by atoms with Gasteiger partial charge in [-0.3, -0.25) is 0 Å². The van der Waals surface area contributed by atoms with Gasteiger partial charge in [0.15, 0.2) is 0 Å². The first-order valence-electron chi connectivity index (χ1n) is 6.42. The summed E-state index contributed by atoms with van der Waals surface area (Å²) in [4.78, 5) is 0. The molecule has 0 amide bonds. The van der Waals surface area contributed by atoms with E-state index in [0.717, 1.165) is 24.7 Å². The Kier molecular flexibility index (Phi) is 2.44. The highest BCUT2D eigenvalue weighted by atomic mass is 16.3. The average Bonchev–Trinajstić information content (AvgIpc) is 2.28. The molecule has 2 fully saturated rings. The number of aliphatic hydroxyl groups is 1. The molecule has 3 atom stereocenters. The molecule has 0 bridgehead atoms. The molecule has 82 valence electrons. The molecular weight excluding hydrogens is 184 g/mol. The van der Waals surface area contributed by atoms with Crippen LogP contribution < -0.4 is 0 Å². The fourth-order valence-electron chi connectivity index (χ4n) is 3.68. The van der Waals surface area contributed by atoms with Gasteiger partial charge in [-0.2, -0.15) is 0 Å². The van der Waals surface area contributed by atoms with E-state index < -0.39 is 0 Å². The summed E-state index contributed by atoms with van der Waals surface area (Å²) in [6, 6.07) is 0. The van der Waals surface area contributed by atoms with E-state index in [-0.39, 0.29) is 6.10 Å². The molecule has 0 aromatic heterocycles. The van der Waals surface area contributed by atoms with Crippen LogP contribution in [-0.2, 0) is 0 Å². The van der Waals surface area contributed by atoms with E-state index in [4.69, 9.17) is 0 Å². The van der Waals surface area contributed by atoms with Crippen LogP contribution in [-0.4, -0.2) is 11.2 Å². The van der Waals surface area contributed by atoms with Gasteiger partial charge in [-0.15, -0.1) is 0 Å². The van der Waals surface area contributed by atoms with Gasteiger partial charge in [-0.1, -0.05) is 29.7 Å². The zero-order valence-electron chi connectivity index (χ0n) is 9.28. The Balaban J connectivity index is 1.87.